The molecule has 0 saturated carbocycles. The summed E-state index contributed by atoms with van der Waals surface area (Å²) >= 11 is 0. The van der Waals surface area contributed by atoms with E-state index in [1.165, 1.54) is 24.1 Å². The second kappa shape index (κ2) is 6.67. The minimum absolute atomic E-state index is 0.0560. The summed E-state index contributed by atoms with van der Waals surface area (Å²) in [5, 5.41) is 3.51. The van der Waals surface area contributed by atoms with Crippen molar-refractivity contribution in [3.63, 3.8) is 0 Å². The van der Waals surface area contributed by atoms with E-state index in [9.17, 15) is 18.0 Å². The van der Waals surface area contributed by atoms with Crippen LogP contribution >= 0.6 is 0 Å². The van der Waals surface area contributed by atoms with E-state index in [4.69, 9.17) is 9.26 Å². The molecule has 1 aromatic carbocycles. The number of likely N-dealkylation sites (N-methyl/N-ethyl adjacent to an activating group) is 1. The third-order valence-electron chi connectivity index (χ3n) is 2.94. The Kier molecular flexibility index (Phi) is 4.87. The second-order valence-electron chi connectivity index (χ2n) is 4.73. The summed E-state index contributed by atoms with van der Waals surface area (Å²) in [5.41, 5.74) is -0.746. The van der Waals surface area contributed by atoms with Crippen molar-refractivity contribution < 1.29 is 27.2 Å². The first-order valence-corrected chi connectivity index (χ1v) is 6.63. The predicted molar refractivity (Wildman–Crippen MR) is 72.9 cm³/mol. The lowest BCUT2D eigenvalue weighted by Gasteiger charge is -2.15. The van der Waals surface area contributed by atoms with Crippen LogP contribution in [-0.4, -0.2) is 41.1 Å². The van der Waals surface area contributed by atoms with Gasteiger partial charge >= 0.3 is 6.18 Å². The molecule has 2 aromatic rings. The summed E-state index contributed by atoms with van der Waals surface area (Å²) in [6, 6.07) is 4.33. The van der Waals surface area contributed by atoms with Gasteiger partial charge in [-0.3, -0.25) is 4.79 Å². The maximum absolute atomic E-state index is 12.4. The molecule has 0 bridgehead atoms. The fourth-order valence-electron chi connectivity index (χ4n) is 1.70. The topological polar surface area (TPSA) is 68.5 Å². The van der Waals surface area contributed by atoms with Gasteiger partial charge in [-0.15, -0.1) is 0 Å². The van der Waals surface area contributed by atoms with Crippen LogP contribution in [0.3, 0.4) is 0 Å². The van der Waals surface area contributed by atoms with Gasteiger partial charge in [-0.2, -0.15) is 18.2 Å². The Morgan fingerprint density at radius 3 is 2.48 bits per heavy atom. The highest BCUT2D eigenvalue weighted by molar-refractivity contribution is 5.90. The zero-order chi connectivity index (χ0) is 17.0. The number of ether oxygens (including phenoxy) is 1. The van der Waals surface area contributed by atoms with Gasteiger partial charge < -0.3 is 14.2 Å². The first kappa shape index (κ1) is 16.8. The Morgan fingerprint density at radius 2 is 1.96 bits per heavy atom. The first-order valence-electron chi connectivity index (χ1n) is 6.63. The molecule has 1 aromatic heterocycles. The van der Waals surface area contributed by atoms with Crippen molar-refractivity contribution in [3.05, 3.63) is 41.5 Å². The number of rotatable bonds is 5. The molecule has 0 unspecified atom stereocenters. The van der Waals surface area contributed by atoms with Crippen molar-refractivity contribution >= 4 is 5.91 Å². The molecule has 1 amide bonds. The molecule has 0 N–H and O–H groups in total. The monoisotopic (exact) mass is 329 g/mol. The Bertz CT molecular complexity index is 668. The van der Waals surface area contributed by atoms with E-state index >= 15 is 0 Å². The summed E-state index contributed by atoms with van der Waals surface area (Å²) < 4.78 is 47.3. The molecule has 0 aliphatic carbocycles. The fourth-order valence-corrected chi connectivity index (χ4v) is 1.70. The quantitative estimate of drug-likeness (QED) is 0.843. The maximum Gasteiger partial charge on any atom is 0.416 e. The van der Waals surface area contributed by atoms with Gasteiger partial charge in [-0.05, 0) is 24.3 Å². The van der Waals surface area contributed by atoms with Gasteiger partial charge in [-0.1, -0.05) is 5.16 Å². The van der Waals surface area contributed by atoms with Gasteiger partial charge in [0.05, 0.1) is 12.1 Å². The van der Waals surface area contributed by atoms with E-state index in [1.807, 2.05) is 0 Å². The van der Waals surface area contributed by atoms with Crippen LogP contribution in [0.4, 0.5) is 13.2 Å². The van der Waals surface area contributed by atoms with E-state index in [2.05, 4.69) is 10.1 Å². The Morgan fingerprint density at radius 1 is 1.30 bits per heavy atom. The molecule has 1 heterocycles. The van der Waals surface area contributed by atoms with Crippen molar-refractivity contribution in [2.45, 2.75) is 13.1 Å². The Hall–Kier alpha value is -2.58. The molecule has 6 nitrogen and oxygen atoms in total. The molecular weight excluding hydrogens is 315 g/mol. The second-order valence-corrected chi connectivity index (χ2v) is 4.73. The SMILES string of the molecule is Cc1nc(C(=O)N(C)CCOc2ccc(C(F)(F)F)cc2)no1. The Labute approximate surface area is 129 Å². The number of carbonyl (C=O) groups is 1. The first-order chi connectivity index (χ1) is 10.8. The highest BCUT2D eigenvalue weighted by Crippen LogP contribution is 2.30. The van der Waals surface area contributed by atoms with Crippen molar-refractivity contribution in [2.24, 2.45) is 0 Å². The Balaban J connectivity index is 1.83. The van der Waals surface area contributed by atoms with Gasteiger partial charge in [-0.25, -0.2) is 0 Å². The predicted octanol–water partition coefficient (Wildman–Crippen LogP) is 2.55. The van der Waals surface area contributed by atoms with Crippen LogP contribution in [-0.2, 0) is 6.18 Å². The molecule has 0 aliphatic heterocycles. The zero-order valence-electron chi connectivity index (χ0n) is 12.4. The molecule has 0 radical (unpaired) electrons. The number of carbonyl (C=O) groups excluding carboxylic acids is 1. The van der Waals surface area contributed by atoms with Gasteiger partial charge in [0.1, 0.15) is 12.4 Å². The molecule has 0 spiro atoms. The number of nitrogens with zero attached hydrogens (tertiary/aromatic N) is 3. The minimum Gasteiger partial charge on any atom is -0.492 e. The van der Waals surface area contributed by atoms with Crippen LogP contribution < -0.4 is 4.74 Å². The molecule has 2 rings (SSSR count). The average molecular weight is 329 g/mol. The molecule has 124 valence electrons. The van der Waals surface area contributed by atoms with E-state index in [-0.39, 0.29) is 30.6 Å². The lowest BCUT2D eigenvalue weighted by molar-refractivity contribution is -0.137. The van der Waals surface area contributed by atoms with Crippen LogP contribution in [0.25, 0.3) is 0 Å². The fraction of sp³-hybridized carbons (Fsp3) is 0.357. The van der Waals surface area contributed by atoms with Crippen LogP contribution in [0.5, 0.6) is 5.75 Å². The average Bonchev–Trinajstić information content (AvgIpc) is 2.92. The van der Waals surface area contributed by atoms with Crippen molar-refractivity contribution in [1.29, 1.82) is 0 Å². The highest BCUT2D eigenvalue weighted by Gasteiger charge is 2.30. The van der Waals surface area contributed by atoms with Crippen molar-refractivity contribution in [1.82, 2.24) is 15.0 Å². The molecule has 23 heavy (non-hydrogen) atoms. The van der Waals surface area contributed by atoms with Gasteiger partial charge in [0, 0.05) is 14.0 Å². The third kappa shape index (κ3) is 4.44. The smallest absolute Gasteiger partial charge is 0.416 e. The molecule has 0 fully saturated rings. The lowest BCUT2D eigenvalue weighted by Crippen LogP contribution is -2.31. The summed E-state index contributed by atoms with van der Waals surface area (Å²) in [5.74, 6) is 0.0782. The van der Waals surface area contributed by atoms with Gasteiger partial charge in [0.2, 0.25) is 5.89 Å². The normalized spacial score (nSPS) is 11.3. The molecule has 0 aliphatic rings. The van der Waals surface area contributed by atoms with E-state index in [1.54, 1.807) is 6.92 Å². The van der Waals surface area contributed by atoms with Crippen LogP contribution in [0, 0.1) is 6.92 Å². The van der Waals surface area contributed by atoms with E-state index < -0.39 is 17.6 Å². The van der Waals surface area contributed by atoms with Crippen molar-refractivity contribution in [3.8, 4) is 5.75 Å². The van der Waals surface area contributed by atoms with Crippen LogP contribution in [0.15, 0.2) is 28.8 Å². The number of aryl methyl sites for hydroxylation is 1. The summed E-state index contributed by atoms with van der Waals surface area (Å²) in [6.07, 6.45) is -4.38. The van der Waals surface area contributed by atoms with Gasteiger partial charge in [0.15, 0.2) is 0 Å². The molecule has 0 atom stereocenters. The van der Waals surface area contributed by atoms with Crippen molar-refractivity contribution in [2.75, 3.05) is 20.2 Å². The third-order valence-corrected chi connectivity index (χ3v) is 2.94. The number of aromatic nitrogens is 2. The number of halogens is 3. The standard InChI is InChI=1S/C14H14F3N3O3/c1-9-18-12(19-23-9)13(21)20(2)7-8-22-11-5-3-10(4-6-11)14(15,16)17/h3-6H,7-8H2,1-2H3. The summed E-state index contributed by atoms with van der Waals surface area (Å²) in [6.45, 7) is 1.90. The number of hydrogen-bond acceptors (Lipinski definition) is 5. The molecule has 0 saturated heterocycles. The maximum atomic E-state index is 12.4. The number of alkyl halides is 3. The molecule has 9 heteroatoms. The summed E-state index contributed by atoms with van der Waals surface area (Å²) in [4.78, 5) is 17.1. The molecular formula is C14H14F3N3O3. The van der Waals surface area contributed by atoms with E-state index in [0.29, 0.717) is 0 Å². The van der Waals surface area contributed by atoms with Gasteiger partial charge in [0.25, 0.3) is 11.7 Å². The minimum atomic E-state index is -4.38. The lowest BCUT2D eigenvalue weighted by atomic mass is 10.2. The van der Waals surface area contributed by atoms with E-state index in [0.717, 1.165) is 12.1 Å². The largest absolute Gasteiger partial charge is 0.492 e. The highest BCUT2D eigenvalue weighted by atomic mass is 19.4. The zero-order valence-corrected chi connectivity index (χ0v) is 12.4. The number of amides is 1. The number of hydrogen-bond donors (Lipinski definition) is 0. The van der Waals surface area contributed by atoms with Crippen LogP contribution in [0.1, 0.15) is 22.1 Å². The van der Waals surface area contributed by atoms with Crippen LogP contribution in [0.2, 0.25) is 0 Å². The number of benzene rings is 1. The summed E-state index contributed by atoms with van der Waals surface area (Å²) in [7, 11) is 1.53.